The van der Waals surface area contributed by atoms with Gasteiger partial charge >= 0.3 is 0 Å². The average molecular weight is 273 g/mol. The molecule has 0 saturated carbocycles. The third kappa shape index (κ3) is 2.58. The van der Waals surface area contributed by atoms with Crippen LogP contribution in [0.15, 0.2) is 24.3 Å². The van der Waals surface area contributed by atoms with E-state index in [0.29, 0.717) is 13.1 Å². The number of carbonyl (C=O) groups excluding carboxylic acids is 1. The van der Waals surface area contributed by atoms with E-state index >= 15 is 0 Å². The van der Waals surface area contributed by atoms with Crippen molar-refractivity contribution in [3.05, 3.63) is 35.4 Å². The molecule has 0 aliphatic carbocycles. The number of hydrogen-bond donors (Lipinski definition) is 2. The number of nitrogens with two attached hydrogens (primary N) is 1. The maximum atomic E-state index is 12.4. The van der Waals surface area contributed by atoms with Crippen LogP contribution >= 0.6 is 0 Å². The predicted octanol–water partition coefficient (Wildman–Crippen LogP) is 0.900. The van der Waals surface area contributed by atoms with Crippen molar-refractivity contribution in [2.75, 3.05) is 26.2 Å². The molecule has 1 aromatic rings. The second-order valence-corrected chi connectivity index (χ2v) is 6.09. The molecule has 1 amide bonds. The number of benzene rings is 1. The lowest BCUT2D eigenvalue weighted by Gasteiger charge is -2.23. The Morgan fingerprint density at radius 1 is 1.20 bits per heavy atom. The topological polar surface area (TPSA) is 58.4 Å². The lowest BCUT2D eigenvalue weighted by atomic mass is 9.83. The summed E-state index contributed by atoms with van der Waals surface area (Å²) in [6, 6.07) is 8.36. The van der Waals surface area contributed by atoms with Crippen LogP contribution in [0.1, 0.15) is 24.0 Å². The van der Waals surface area contributed by atoms with Gasteiger partial charge in [-0.1, -0.05) is 24.3 Å². The van der Waals surface area contributed by atoms with Crippen LogP contribution in [0.4, 0.5) is 0 Å². The van der Waals surface area contributed by atoms with E-state index in [0.717, 1.165) is 44.5 Å². The van der Waals surface area contributed by atoms with Crippen molar-refractivity contribution in [3.63, 3.8) is 0 Å². The van der Waals surface area contributed by atoms with Crippen LogP contribution in [0.5, 0.6) is 0 Å². The Hall–Kier alpha value is -1.39. The van der Waals surface area contributed by atoms with Crippen molar-refractivity contribution in [3.8, 4) is 0 Å². The van der Waals surface area contributed by atoms with Crippen LogP contribution < -0.4 is 11.1 Å². The molecule has 0 unspecified atom stereocenters. The van der Waals surface area contributed by atoms with Crippen molar-refractivity contribution in [2.45, 2.75) is 25.8 Å². The standard InChI is InChI=1S/C16H23N3O/c17-8-5-13-1-3-14(4-2-13)11-18-15(20)16-6-9-19(12-16)10-7-16/h1-4H,5-12,17H2,(H,18,20). The Balaban J connectivity index is 1.55. The fourth-order valence-electron chi connectivity index (χ4n) is 3.38. The molecular weight excluding hydrogens is 250 g/mol. The normalized spacial score (nSPS) is 27.8. The fraction of sp³-hybridized carbons (Fsp3) is 0.562. The highest BCUT2D eigenvalue weighted by Gasteiger charge is 2.48. The Kier molecular flexibility index (Phi) is 3.76. The van der Waals surface area contributed by atoms with Gasteiger partial charge in [-0.3, -0.25) is 4.79 Å². The summed E-state index contributed by atoms with van der Waals surface area (Å²) in [4.78, 5) is 14.8. The van der Waals surface area contributed by atoms with Crippen LogP contribution in [0, 0.1) is 5.41 Å². The number of piperidine rings is 1. The minimum Gasteiger partial charge on any atom is -0.352 e. The van der Waals surface area contributed by atoms with Crippen molar-refractivity contribution in [1.82, 2.24) is 10.2 Å². The van der Waals surface area contributed by atoms with Crippen molar-refractivity contribution in [2.24, 2.45) is 11.1 Å². The van der Waals surface area contributed by atoms with E-state index in [9.17, 15) is 4.79 Å². The van der Waals surface area contributed by atoms with Crippen LogP contribution in [-0.4, -0.2) is 37.0 Å². The average Bonchev–Trinajstić information content (AvgIpc) is 3.08. The zero-order valence-corrected chi connectivity index (χ0v) is 11.9. The van der Waals surface area contributed by atoms with Crippen molar-refractivity contribution in [1.29, 1.82) is 0 Å². The smallest absolute Gasteiger partial charge is 0.227 e. The summed E-state index contributed by atoms with van der Waals surface area (Å²) < 4.78 is 0. The first-order chi connectivity index (χ1) is 9.72. The zero-order chi connectivity index (χ0) is 14.0. The van der Waals surface area contributed by atoms with Crippen LogP contribution in [0.3, 0.4) is 0 Å². The van der Waals surface area contributed by atoms with Gasteiger partial charge in [0.05, 0.1) is 5.41 Å². The van der Waals surface area contributed by atoms with Gasteiger partial charge in [0, 0.05) is 13.1 Å². The Bertz CT molecular complexity index is 475. The highest BCUT2D eigenvalue weighted by Crippen LogP contribution is 2.40. The van der Waals surface area contributed by atoms with Crippen molar-refractivity contribution >= 4 is 5.91 Å². The lowest BCUT2D eigenvalue weighted by Crippen LogP contribution is -2.40. The number of carbonyl (C=O) groups is 1. The molecule has 108 valence electrons. The zero-order valence-electron chi connectivity index (χ0n) is 11.9. The first-order valence-electron chi connectivity index (χ1n) is 7.50. The van der Waals surface area contributed by atoms with E-state index in [1.165, 1.54) is 5.56 Å². The second kappa shape index (κ2) is 5.54. The van der Waals surface area contributed by atoms with E-state index in [1.807, 2.05) is 0 Å². The summed E-state index contributed by atoms with van der Waals surface area (Å²) >= 11 is 0. The number of rotatable bonds is 5. The summed E-state index contributed by atoms with van der Waals surface area (Å²) in [6.07, 6.45) is 2.95. The SMILES string of the molecule is NCCc1ccc(CNC(=O)C23CCN(CC2)C3)cc1. The number of amides is 1. The molecule has 0 spiro atoms. The van der Waals surface area contributed by atoms with Gasteiger partial charge in [0.25, 0.3) is 0 Å². The summed E-state index contributed by atoms with van der Waals surface area (Å²) in [5.41, 5.74) is 7.85. The van der Waals surface area contributed by atoms with Crippen LogP contribution in [0.25, 0.3) is 0 Å². The molecule has 3 rings (SSSR count). The molecule has 4 heteroatoms. The highest BCUT2D eigenvalue weighted by atomic mass is 16.2. The third-order valence-corrected chi connectivity index (χ3v) is 4.73. The molecular formula is C16H23N3O. The molecule has 2 heterocycles. The first-order valence-corrected chi connectivity index (χ1v) is 7.50. The Morgan fingerprint density at radius 3 is 2.40 bits per heavy atom. The minimum absolute atomic E-state index is 0.0977. The third-order valence-electron chi connectivity index (χ3n) is 4.73. The van der Waals surface area contributed by atoms with Crippen LogP contribution in [-0.2, 0) is 17.8 Å². The molecule has 0 aromatic heterocycles. The monoisotopic (exact) mass is 273 g/mol. The first kappa shape index (κ1) is 13.6. The number of hydrogen-bond acceptors (Lipinski definition) is 3. The van der Waals surface area contributed by atoms with Crippen LogP contribution in [0.2, 0.25) is 0 Å². The molecule has 3 N–H and O–H groups in total. The minimum atomic E-state index is -0.0977. The van der Waals surface area contributed by atoms with E-state index in [-0.39, 0.29) is 11.3 Å². The second-order valence-electron chi connectivity index (χ2n) is 6.09. The maximum Gasteiger partial charge on any atom is 0.227 e. The lowest BCUT2D eigenvalue weighted by molar-refractivity contribution is -0.129. The molecule has 2 bridgehead atoms. The Labute approximate surface area is 120 Å². The molecule has 2 aliphatic rings. The Morgan fingerprint density at radius 2 is 1.85 bits per heavy atom. The van der Waals surface area contributed by atoms with E-state index < -0.39 is 0 Å². The molecule has 20 heavy (non-hydrogen) atoms. The molecule has 0 atom stereocenters. The van der Waals surface area contributed by atoms with Gasteiger partial charge in [-0.15, -0.1) is 0 Å². The summed E-state index contributed by atoms with van der Waals surface area (Å²) in [5, 5.41) is 3.12. The molecule has 0 radical (unpaired) electrons. The van der Waals surface area contributed by atoms with Gasteiger partial charge < -0.3 is 16.0 Å². The van der Waals surface area contributed by atoms with Gasteiger partial charge in [-0.25, -0.2) is 0 Å². The number of nitrogens with zero attached hydrogens (tertiary/aromatic N) is 1. The highest BCUT2D eigenvalue weighted by molar-refractivity contribution is 5.83. The van der Waals surface area contributed by atoms with E-state index in [2.05, 4.69) is 34.5 Å². The number of nitrogens with one attached hydrogen (secondary N) is 1. The van der Waals surface area contributed by atoms with Gasteiger partial charge in [0.1, 0.15) is 0 Å². The van der Waals surface area contributed by atoms with E-state index in [4.69, 9.17) is 5.73 Å². The quantitative estimate of drug-likeness (QED) is 0.838. The van der Waals surface area contributed by atoms with Gasteiger partial charge in [-0.2, -0.15) is 0 Å². The van der Waals surface area contributed by atoms with Gasteiger partial charge in [0.15, 0.2) is 0 Å². The largest absolute Gasteiger partial charge is 0.352 e. The van der Waals surface area contributed by atoms with Gasteiger partial charge in [-0.05, 0) is 50.0 Å². The number of fused-ring (bicyclic) bond motifs is 2. The summed E-state index contributed by atoms with van der Waals surface area (Å²) in [7, 11) is 0. The van der Waals surface area contributed by atoms with E-state index in [1.54, 1.807) is 0 Å². The molecule has 1 aromatic carbocycles. The molecule has 2 aliphatic heterocycles. The molecule has 2 saturated heterocycles. The maximum absolute atomic E-state index is 12.4. The van der Waals surface area contributed by atoms with Crippen molar-refractivity contribution < 1.29 is 4.79 Å². The predicted molar refractivity (Wildman–Crippen MR) is 79.2 cm³/mol. The van der Waals surface area contributed by atoms with Gasteiger partial charge in [0.2, 0.25) is 5.91 Å². The summed E-state index contributed by atoms with van der Waals surface area (Å²) in [6.45, 7) is 4.43. The summed E-state index contributed by atoms with van der Waals surface area (Å²) in [5.74, 6) is 0.239. The molecule has 4 nitrogen and oxygen atoms in total. The molecule has 2 fully saturated rings. The fourth-order valence-corrected chi connectivity index (χ4v) is 3.38.